The lowest BCUT2D eigenvalue weighted by Gasteiger charge is -2.32. The van der Waals surface area contributed by atoms with E-state index in [9.17, 15) is 14.9 Å². The fourth-order valence-corrected chi connectivity index (χ4v) is 5.83. The molecule has 5 rings (SSSR count). The molecular formula is C27H30FN7O4S. The van der Waals surface area contributed by atoms with Crippen molar-refractivity contribution >= 4 is 29.1 Å². The molecule has 3 aromatic rings. The fourth-order valence-electron chi connectivity index (χ4n) is 4.88. The van der Waals surface area contributed by atoms with Crippen molar-refractivity contribution in [3.05, 3.63) is 75.3 Å². The highest BCUT2D eigenvalue weighted by Crippen LogP contribution is 2.37. The van der Waals surface area contributed by atoms with E-state index >= 15 is 4.39 Å². The zero-order chi connectivity index (χ0) is 28.2. The number of hydrogen-bond donors (Lipinski definition) is 0. The number of nitrogens with zero attached hydrogens (tertiary/aromatic N) is 7. The first-order valence-corrected chi connectivity index (χ1v) is 14.0. The van der Waals surface area contributed by atoms with Crippen molar-refractivity contribution < 1.29 is 18.8 Å². The van der Waals surface area contributed by atoms with Crippen molar-refractivity contribution in [3.8, 4) is 5.69 Å². The number of benzene rings is 2. The molecule has 0 N–H and O–H groups in total. The highest BCUT2D eigenvalue weighted by molar-refractivity contribution is 7.99. The van der Waals surface area contributed by atoms with E-state index in [0.717, 1.165) is 38.5 Å². The van der Waals surface area contributed by atoms with Crippen LogP contribution >= 0.6 is 11.8 Å². The van der Waals surface area contributed by atoms with Gasteiger partial charge in [0.25, 0.3) is 5.69 Å². The van der Waals surface area contributed by atoms with E-state index in [2.05, 4.69) is 27.0 Å². The van der Waals surface area contributed by atoms with E-state index < -0.39 is 22.8 Å². The predicted molar refractivity (Wildman–Crippen MR) is 149 cm³/mol. The number of ether oxygens (including phenoxy) is 1. The van der Waals surface area contributed by atoms with Gasteiger partial charge in [-0.2, -0.15) is 0 Å². The summed E-state index contributed by atoms with van der Waals surface area (Å²) in [6.07, 6.45) is 0.301. The van der Waals surface area contributed by atoms with Crippen LogP contribution in [0.2, 0.25) is 0 Å². The Labute approximate surface area is 235 Å². The number of nitro groups is 1. The van der Waals surface area contributed by atoms with Crippen LogP contribution in [-0.2, 0) is 9.53 Å². The number of aliphatic imine (C=N–C) groups is 1. The second-order valence-corrected chi connectivity index (χ2v) is 10.8. The number of non-ortho nitro benzene ring substituents is 1. The van der Waals surface area contributed by atoms with Gasteiger partial charge in [-0.15, -0.1) is 10.2 Å². The molecule has 0 bridgehead atoms. The number of halogens is 1. The minimum absolute atomic E-state index is 0.0600. The molecule has 2 aromatic carbocycles. The third-order valence-electron chi connectivity index (χ3n) is 7.14. The Balaban J connectivity index is 1.57. The molecule has 0 unspecified atom stereocenters. The van der Waals surface area contributed by atoms with Gasteiger partial charge in [0.2, 0.25) is 0 Å². The first-order valence-electron chi connectivity index (χ1n) is 13.0. The second kappa shape index (κ2) is 12.2. The molecule has 0 aliphatic carbocycles. The fraction of sp³-hybridized carbons (Fsp3) is 0.407. The summed E-state index contributed by atoms with van der Waals surface area (Å²) >= 11 is 1.53. The average molecular weight is 568 g/mol. The zero-order valence-electron chi connectivity index (χ0n) is 22.3. The summed E-state index contributed by atoms with van der Waals surface area (Å²) in [7, 11) is 3.43. The molecule has 0 spiro atoms. The number of rotatable bonds is 9. The Morgan fingerprint density at radius 3 is 2.65 bits per heavy atom. The Hall–Kier alpha value is -3.68. The van der Waals surface area contributed by atoms with Gasteiger partial charge in [-0.1, -0.05) is 23.9 Å². The van der Waals surface area contributed by atoms with E-state index in [1.165, 1.54) is 37.1 Å². The van der Waals surface area contributed by atoms with E-state index in [1.54, 1.807) is 24.3 Å². The summed E-state index contributed by atoms with van der Waals surface area (Å²) in [5.74, 6) is 0.322. The standard InChI is InChI=1S/C27H30FN7O4S/c1-32-11-13-33(14-12-32)15-16-40-27-31-30-26-22(8-10-24(36)39-2)29-25(19-5-3-4-6-21(19)28)20-17-18(35(37)38)7-9-23(20)34(26)27/h3-7,9,17,22H,8,10-16H2,1-2H3/t22-/m0/s1. The molecule has 1 saturated heterocycles. The molecule has 1 aromatic heterocycles. The summed E-state index contributed by atoms with van der Waals surface area (Å²) in [6.45, 7) is 4.91. The van der Waals surface area contributed by atoms with Crippen molar-refractivity contribution in [2.45, 2.75) is 24.0 Å². The van der Waals surface area contributed by atoms with E-state index in [4.69, 9.17) is 9.73 Å². The van der Waals surface area contributed by atoms with Crippen molar-refractivity contribution in [2.75, 3.05) is 52.6 Å². The number of carbonyl (C=O) groups excluding carboxylic acids is 1. The number of carbonyl (C=O) groups is 1. The highest BCUT2D eigenvalue weighted by atomic mass is 32.2. The first-order chi connectivity index (χ1) is 19.4. The number of fused-ring (bicyclic) bond motifs is 3. The molecule has 1 fully saturated rings. The number of esters is 1. The van der Waals surface area contributed by atoms with Crippen LogP contribution in [0.5, 0.6) is 0 Å². The Morgan fingerprint density at radius 2 is 1.93 bits per heavy atom. The zero-order valence-corrected chi connectivity index (χ0v) is 23.1. The number of hydrogen-bond acceptors (Lipinski definition) is 10. The van der Waals surface area contributed by atoms with Crippen LogP contribution in [0.1, 0.15) is 35.8 Å². The van der Waals surface area contributed by atoms with Crippen molar-refractivity contribution in [2.24, 2.45) is 4.99 Å². The van der Waals surface area contributed by atoms with Gasteiger partial charge in [-0.3, -0.25) is 29.4 Å². The van der Waals surface area contributed by atoms with Crippen molar-refractivity contribution in [1.82, 2.24) is 24.6 Å². The topological polar surface area (TPSA) is 119 Å². The number of methoxy groups -OCH3 is 1. The molecule has 2 aliphatic rings. The lowest BCUT2D eigenvalue weighted by Crippen LogP contribution is -2.45. The van der Waals surface area contributed by atoms with Gasteiger partial charge in [-0.25, -0.2) is 4.39 Å². The van der Waals surface area contributed by atoms with Gasteiger partial charge in [0.1, 0.15) is 11.9 Å². The van der Waals surface area contributed by atoms with E-state index in [-0.39, 0.29) is 29.8 Å². The summed E-state index contributed by atoms with van der Waals surface area (Å²) in [5, 5.41) is 21.3. The third kappa shape index (κ3) is 5.91. The predicted octanol–water partition coefficient (Wildman–Crippen LogP) is 3.50. The Morgan fingerprint density at radius 1 is 1.15 bits per heavy atom. The molecular weight excluding hydrogens is 537 g/mol. The summed E-state index contributed by atoms with van der Waals surface area (Å²) < 4.78 is 21.8. The molecule has 1 atom stereocenters. The van der Waals surface area contributed by atoms with Crippen LogP contribution in [0, 0.1) is 15.9 Å². The van der Waals surface area contributed by atoms with Crippen LogP contribution < -0.4 is 0 Å². The minimum atomic E-state index is -0.667. The van der Waals surface area contributed by atoms with Gasteiger partial charge < -0.3 is 9.64 Å². The molecule has 3 heterocycles. The second-order valence-electron chi connectivity index (χ2n) is 9.72. The molecule has 0 saturated carbocycles. The van der Waals surface area contributed by atoms with Gasteiger partial charge in [0.15, 0.2) is 11.0 Å². The third-order valence-corrected chi connectivity index (χ3v) is 8.05. The number of piperazine rings is 1. The lowest BCUT2D eigenvalue weighted by molar-refractivity contribution is -0.384. The molecule has 0 amide bonds. The maximum absolute atomic E-state index is 15.1. The molecule has 0 radical (unpaired) electrons. The molecule has 11 nitrogen and oxygen atoms in total. The number of thioether (sulfide) groups is 1. The van der Waals surface area contributed by atoms with Crippen LogP contribution in [-0.4, -0.2) is 93.8 Å². The first kappa shape index (κ1) is 27.9. The van der Waals surface area contributed by atoms with Crippen LogP contribution in [0.15, 0.2) is 52.6 Å². The average Bonchev–Trinajstić information content (AvgIpc) is 3.32. The lowest BCUT2D eigenvalue weighted by atomic mass is 9.99. The maximum Gasteiger partial charge on any atom is 0.305 e. The van der Waals surface area contributed by atoms with Gasteiger partial charge in [0, 0.05) is 68.2 Å². The molecule has 40 heavy (non-hydrogen) atoms. The van der Waals surface area contributed by atoms with Gasteiger partial charge >= 0.3 is 5.97 Å². The minimum Gasteiger partial charge on any atom is -0.469 e. The Kier molecular flexibility index (Phi) is 8.52. The molecule has 2 aliphatic heterocycles. The summed E-state index contributed by atoms with van der Waals surface area (Å²) in [6, 6.07) is 9.95. The van der Waals surface area contributed by atoms with Gasteiger partial charge in [-0.05, 0) is 31.7 Å². The van der Waals surface area contributed by atoms with Crippen LogP contribution in [0.4, 0.5) is 10.1 Å². The van der Waals surface area contributed by atoms with Crippen molar-refractivity contribution in [3.63, 3.8) is 0 Å². The van der Waals surface area contributed by atoms with Crippen molar-refractivity contribution in [1.29, 1.82) is 0 Å². The maximum atomic E-state index is 15.1. The summed E-state index contributed by atoms with van der Waals surface area (Å²) in [5.41, 5.74) is 1.27. The van der Waals surface area contributed by atoms with E-state index in [0.29, 0.717) is 22.2 Å². The molecule has 210 valence electrons. The quantitative estimate of drug-likeness (QED) is 0.166. The highest BCUT2D eigenvalue weighted by Gasteiger charge is 2.31. The number of aromatic nitrogens is 3. The number of likely N-dealkylation sites (N-methyl/N-ethyl adjacent to an activating group) is 1. The van der Waals surface area contributed by atoms with Crippen LogP contribution in [0.3, 0.4) is 0 Å². The SMILES string of the molecule is COC(=O)CC[C@@H]1N=C(c2ccccc2F)c2cc([N+](=O)[O-])ccc2-n2c(SCCN3CCN(C)CC3)nnc21. The van der Waals surface area contributed by atoms with Gasteiger partial charge in [0.05, 0.1) is 23.4 Å². The number of nitro benzene ring substituents is 1. The van der Waals surface area contributed by atoms with Crippen LogP contribution in [0.25, 0.3) is 5.69 Å². The summed E-state index contributed by atoms with van der Waals surface area (Å²) in [4.78, 5) is 32.9. The normalized spacial score (nSPS) is 17.5. The largest absolute Gasteiger partial charge is 0.469 e. The Bertz CT molecular complexity index is 1440. The monoisotopic (exact) mass is 567 g/mol. The smallest absolute Gasteiger partial charge is 0.305 e. The molecule has 13 heteroatoms. The van der Waals surface area contributed by atoms with E-state index in [1.807, 2.05) is 4.57 Å².